The van der Waals surface area contributed by atoms with Crippen molar-refractivity contribution in [1.82, 2.24) is 10.2 Å². The molecular formula is C18H21N3O7S. The van der Waals surface area contributed by atoms with Crippen LogP contribution in [-0.2, 0) is 9.59 Å². The van der Waals surface area contributed by atoms with Gasteiger partial charge in [0.2, 0.25) is 5.91 Å². The lowest BCUT2D eigenvalue weighted by Crippen LogP contribution is -2.41. The van der Waals surface area contributed by atoms with E-state index in [9.17, 15) is 34.4 Å². The molecule has 0 saturated heterocycles. The molecule has 10 nitrogen and oxygen atoms in total. The zero-order valence-corrected chi connectivity index (χ0v) is 16.6. The van der Waals surface area contributed by atoms with Crippen LogP contribution in [0.3, 0.4) is 0 Å². The number of hydrogen-bond acceptors (Lipinski definition) is 7. The minimum absolute atomic E-state index is 0.0342. The molecule has 1 aromatic carbocycles. The van der Waals surface area contributed by atoms with Crippen LogP contribution in [0.1, 0.15) is 46.9 Å². The number of nitrogens with zero attached hydrogens (tertiary/aromatic N) is 2. The van der Waals surface area contributed by atoms with E-state index in [4.69, 9.17) is 0 Å². The summed E-state index contributed by atoms with van der Waals surface area (Å²) in [5, 5.41) is 22.5. The number of benzene rings is 1. The number of fused-ring (bicyclic) bond motifs is 1. The Labute approximate surface area is 170 Å². The lowest BCUT2D eigenvalue weighted by molar-refractivity contribution is -0.384. The predicted molar refractivity (Wildman–Crippen MR) is 105 cm³/mol. The van der Waals surface area contributed by atoms with E-state index in [1.54, 1.807) is 11.8 Å². The van der Waals surface area contributed by atoms with E-state index in [0.29, 0.717) is 12.2 Å². The van der Waals surface area contributed by atoms with Gasteiger partial charge in [-0.2, -0.15) is 11.8 Å². The van der Waals surface area contributed by atoms with Crippen molar-refractivity contribution in [3.8, 4) is 0 Å². The molecule has 0 saturated carbocycles. The fourth-order valence-corrected chi connectivity index (χ4v) is 3.55. The Morgan fingerprint density at radius 3 is 2.59 bits per heavy atom. The summed E-state index contributed by atoms with van der Waals surface area (Å²) in [5.41, 5.74) is -0.232. The summed E-state index contributed by atoms with van der Waals surface area (Å²) in [6.45, 7) is 1.91. The second-order valence-electron chi connectivity index (χ2n) is 6.30. The lowest BCUT2D eigenvalue weighted by Gasteiger charge is -2.16. The van der Waals surface area contributed by atoms with E-state index in [1.807, 2.05) is 6.92 Å². The summed E-state index contributed by atoms with van der Waals surface area (Å²) < 4.78 is 0. The van der Waals surface area contributed by atoms with Crippen molar-refractivity contribution in [1.29, 1.82) is 0 Å². The van der Waals surface area contributed by atoms with E-state index < -0.39 is 34.7 Å². The average Bonchev–Trinajstić information content (AvgIpc) is 2.91. The molecule has 0 fully saturated rings. The van der Waals surface area contributed by atoms with Gasteiger partial charge >= 0.3 is 5.97 Å². The van der Waals surface area contributed by atoms with Gasteiger partial charge < -0.3 is 10.4 Å². The maximum Gasteiger partial charge on any atom is 0.326 e. The second kappa shape index (κ2) is 10.0. The molecule has 1 aromatic rings. The van der Waals surface area contributed by atoms with Gasteiger partial charge in [0.25, 0.3) is 17.5 Å². The highest BCUT2D eigenvalue weighted by Crippen LogP contribution is 2.27. The Morgan fingerprint density at radius 2 is 1.97 bits per heavy atom. The number of imide groups is 1. The van der Waals surface area contributed by atoms with E-state index >= 15 is 0 Å². The fraction of sp³-hybridized carbons (Fsp3) is 0.444. The third-order valence-corrected chi connectivity index (χ3v) is 5.27. The lowest BCUT2D eigenvalue weighted by atomic mass is 10.1. The van der Waals surface area contributed by atoms with Gasteiger partial charge in [-0.3, -0.25) is 29.4 Å². The zero-order chi connectivity index (χ0) is 21.6. The molecule has 2 rings (SSSR count). The van der Waals surface area contributed by atoms with Crippen LogP contribution in [0, 0.1) is 10.1 Å². The van der Waals surface area contributed by atoms with Gasteiger partial charge in [0.1, 0.15) is 6.04 Å². The Bertz CT molecular complexity index is 843. The van der Waals surface area contributed by atoms with E-state index in [0.717, 1.165) is 22.8 Å². The van der Waals surface area contributed by atoms with Crippen molar-refractivity contribution >= 4 is 41.1 Å². The number of amides is 3. The number of nitrogens with one attached hydrogen (secondary N) is 1. The molecule has 3 amide bonds. The van der Waals surface area contributed by atoms with Crippen LogP contribution in [0.4, 0.5) is 5.69 Å². The normalized spacial score (nSPS) is 13.9. The van der Waals surface area contributed by atoms with Crippen LogP contribution in [0.15, 0.2) is 18.2 Å². The van der Waals surface area contributed by atoms with Crippen molar-refractivity contribution in [2.45, 2.75) is 32.2 Å². The number of thioether (sulfide) groups is 1. The Hall–Kier alpha value is -2.95. The monoisotopic (exact) mass is 423 g/mol. The smallest absolute Gasteiger partial charge is 0.326 e. The van der Waals surface area contributed by atoms with Crippen LogP contribution < -0.4 is 5.32 Å². The number of nitro benzene ring substituents is 1. The quantitative estimate of drug-likeness (QED) is 0.236. The highest BCUT2D eigenvalue weighted by atomic mass is 32.2. The maximum absolute atomic E-state index is 12.4. The van der Waals surface area contributed by atoms with Crippen molar-refractivity contribution < 1.29 is 29.2 Å². The first kappa shape index (κ1) is 22.3. The number of rotatable bonds is 11. The van der Waals surface area contributed by atoms with Gasteiger partial charge in [0, 0.05) is 25.1 Å². The maximum atomic E-state index is 12.4. The van der Waals surface area contributed by atoms with Crippen molar-refractivity contribution in [2.24, 2.45) is 0 Å². The average molecular weight is 423 g/mol. The Morgan fingerprint density at radius 1 is 1.28 bits per heavy atom. The summed E-state index contributed by atoms with van der Waals surface area (Å²) in [7, 11) is 0. The van der Waals surface area contributed by atoms with Gasteiger partial charge in [-0.1, -0.05) is 6.92 Å². The SMILES string of the molecule is CCSCCC(NC(=O)CCCN1C(=O)c2ccc([N+](=O)[O-])cc2C1=O)C(=O)O. The standard InChI is InChI=1S/C18H21N3O7S/c1-2-29-9-7-14(18(25)26)19-15(22)4-3-8-20-16(23)12-6-5-11(21(27)28)10-13(12)17(20)24/h5-6,10,14H,2-4,7-9H2,1H3,(H,19,22)(H,25,26). The molecule has 1 atom stereocenters. The van der Waals surface area contributed by atoms with Gasteiger partial charge in [-0.05, 0) is 30.4 Å². The predicted octanol–water partition coefficient (Wildman–Crippen LogP) is 1.68. The molecular weight excluding hydrogens is 402 g/mol. The van der Waals surface area contributed by atoms with Gasteiger partial charge in [0.05, 0.1) is 16.1 Å². The number of carboxylic acid groups (broad SMARTS) is 1. The molecule has 29 heavy (non-hydrogen) atoms. The van der Waals surface area contributed by atoms with Crippen LogP contribution in [0.2, 0.25) is 0 Å². The molecule has 1 aliphatic rings. The number of aliphatic carboxylic acids is 1. The molecule has 11 heteroatoms. The summed E-state index contributed by atoms with van der Waals surface area (Å²) >= 11 is 1.57. The minimum atomic E-state index is -1.11. The third-order valence-electron chi connectivity index (χ3n) is 4.34. The first-order chi connectivity index (χ1) is 13.8. The van der Waals surface area contributed by atoms with Crippen LogP contribution >= 0.6 is 11.8 Å². The Balaban J connectivity index is 1.89. The fourth-order valence-electron chi connectivity index (χ4n) is 2.86. The molecule has 2 N–H and O–H groups in total. The first-order valence-corrected chi connectivity index (χ1v) is 10.2. The molecule has 1 heterocycles. The largest absolute Gasteiger partial charge is 0.480 e. The summed E-state index contributed by atoms with van der Waals surface area (Å²) in [4.78, 5) is 59.1. The number of carboxylic acids is 1. The summed E-state index contributed by atoms with van der Waals surface area (Å²) in [6.07, 6.45) is 0.393. The molecule has 0 aromatic heterocycles. The molecule has 1 unspecified atom stereocenters. The summed E-state index contributed by atoms with van der Waals surface area (Å²) in [5.74, 6) is -1.35. The molecule has 0 radical (unpaired) electrons. The number of hydrogen-bond donors (Lipinski definition) is 2. The minimum Gasteiger partial charge on any atom is -0.480 e. The molecule has 0 spiro atoms. The zero-order valence-electron chi connectivity index (χ0n) is 15.8. The van der Waals surface area contributed by atoms with E-state index in [-0.39, 0.29) is 36.2 Å². The molecule has 1 aliphatic heterocycles. The van der Waals surface area contributed by atoms with Crippen molar-refractivity contribution in [2.75, 3.05) is 18.1 Å². The van der Waals surface area contributed by atoms with Gasteiger partial charge in [-0.25, -0.2) is 4.79 Å². The first-order valence-electron chi connectivity index (χ1n) is 9.00. The second-order valence-corrected chi connectivity index (χ2v) is 7.69. The highest BCUT2D eigenvalue weighted by Gasteiger charge is 2.36. The number of carbonyl (C=O) groups is 4. The topological polar surface area (TPSA) is 147 Å². The highest BCUT2D eigenvalue weighted by molar-refractivity contribution is 7.99. The number of carbonyl (C=O) groups excluding carboxylic acids is 3. The Kier molecular flexibility index (Phi) is 7.71. The third kappa shape index (κ3) is 5.53. The van der Waals surface area contributed by atoms with Crippen LogP contribution in [0.5, 0.6) is 0 Å². The van der Waals surface area contributed by atoms with Gasteiger partial charge in [-0.15, -0.1) is 0 Å². The van der Waals surface area contributed by atoms with Gasteiger partial charge in [0.15, 0.2) is 0 Å². The van der Waals surface area contributed by atoms with E-state index in [1.165, 1.54) is 6.07 Å². The van der Waals surface area contributed by atoms with Crippen molar-refractivity contribution in [3.63, 3.8) is 0 Å². The van der Waals surface area contributed by atoms with Crippen LogP contribution in [-0.4, -0.2) is 62.7 Å². The number of non-ortho nitro benzene ring substituents is 1. The molecule has 0 bridgehead atoms. The van der Waals surface area contributed by atoms with Crippen molar-refractivity contribution in [3.05, 3.63) is 39.4 Å². The number of nitro groups is 1. The van der Waals surface area contributed by atoms with E-state index in [2.05, 4.69) is 5.32 Å². The molecule has 156 valence electrons. The van der Waals surface area contributed by atoms with Crippen LogP contribution in [0.25, 0.3) is 0 Å². The summed E-state index contributed by atoms with van der Waals surface area (Å²) in [6, 6.07) is 2.48. The molecule has 0 aliphatic carbocycles.